The molecule has 0 spiro atoms. The van der Waals surface area contributed by atoms with Gasteiger partial charge in [-0.2, -0.15) is 0 Å². The van der Waals surface area contributed by atoms with E-state index in [1.807, 2.05) is 30.3 Å². The highest BCUT2D eigenvalue weighted by Crippen LogP contribution is 2.36. The summed E-state index contributed by atoms with van der Waals surface area (Å²) in [4.78, 5) is 9.17. The van der Waals surface area contributed by atoms with Gasteiger partial charge >= 0.3 is 0 Å². The minimum Gasteiger partial charge on any atom is -0.491 e. The van der Waals surface area contributed by atoms with Gasteiger partial charge in [-0.25, -0.2) is 9.97 Å². The van der Waals surface area contributed by atoms with Crippen LogP contribution in [-0.4, -0.2) is 32.3 Å². The molecule has 0 radical (unpaired) electrons. The standard InChI is InChI=1S/C11H7BrI2N2O.C11H8BrIN2O/c12-6-1-2-7-8(5-6)17-4-3-16-10(14)9(13)15-11(7)16;12-7-1-2-8-9(5-7)16-4-3-15-6-10(13)14-11(8)15/h1-2,5H,3-4H2;1-2,5-6H,3-4H2. The molecular weight excluding hydrogens is 893 g/mol. The molecular formula is C22H15Br2I3N4O2. The zero-order valence-corrected chi connectivity index (χ0v) is 26.5. The molecule has 0 bridgehead atoms. The molecule has 6 rings (SSSR count). The van der Waals surface area contributed by atoms with Crippen molar-refractivity contribution >= 4 is 99.6 Å². The van der Waals surface area contributed by atoms with Crippen LogP contribution in [0.4, 0.5) is 0 Å². The normalized spacial score (nSPS) is 13.6. The minimum absolute atomic E-state index is 0.679. The van der Waals surface area contributed by atoms with Gasteiger partial charge in [0.1, 0.15) is 47.5 Å². The van der Waals surface area contributed by atoms with Crippen molar-refractivity contribution in [3.8, 4) is 34.3 Å². The Morgan fingerprint density at radius 3 is 2.06 bits per heavy atom. The fraction of sp³-hybridized carbons (Fsp3) is 0.182. The van der Waals surface area contributed by atoms with Crippen molar-refractivity contribution in [3.63, 3.8) is 0 Å². The molecule has 33 heavy (non-hydrogen) atoms. The van der Waals surface area contributed by atoms with Crippen LogP contribution < -0.4 is 9.47 Å². The second kappa shape index (κ2) is 10.3. The molecule has 2 aliphatic rings. The molecule has 6 nitrogen and oxygen atoms in total. The molecule has 11 heteroatoms. The van der Waals surface area contributed by atoms with E-state index in [-0.39, 0.29) is 0 Å². The van der Waals surface area contributed by atoms with Gasteiger partial charge in [-0.15, -0.1) is 0 Å². The first-order chi connectivity index (χ1) is 15.9. The lowest BCUT2D eigenvalue weighted by Crippen LogP contribution is -2.07. The Bertz CT molecular complexity index is 1360. The van der Waals surface area contributed by atoms with E-state index in [0.717, 1.165) is 63.7 Å². The molecule has 0 unspecified atom stereocenters. The first-order valence-electron chi connectivity index (χ1n) is 9.90. The Labute approximate surface area is 248 Å². The average molecular weight is 908 g/mol. The number of rotatable bonds is 0. The molecule has 0 saturated heterocycles. The zero-order valence-electron chi connectivity index (χ0n) is 16.9. The molecule has 2 aromatic carbocycles. The minimum atomic E-state index is 0.679. The first-order valence-corrected chi connectivity index (χ1v) is 14.7. The van der Waals surface area contributed by atoms with Gasteiger partial charge in [0, 0.05) is 15.1 Å². The largest absolute Gasteiger partial charge is 0.491 e. The van der Waals surface area contributed by atoms with Gasteiger partial charge in [0.2, 0.25) is 0 Å². The molecule has 0 saturated carbocycles. The van der Waals surface area contributed by atoms with Gasteiger partial charge in [-0.3, -0.25) is 0 Å². The van der Waals surface area contributed by atoms with Gasteiger partial charge in [-0.05, 0) is 104 Å². The predicted molar refractivity (Wildman–Crippen MR) is 160 cm³/mol. The number of halogens is 5. The SMILES string of the molecule is Brc1ccc2c(c1)OCCn1c-2nc(I)c1I.Brc1ccc2c(c1)OCCn1cc(I)nc1-2. The molecule has 170 valence electrons. The van der Waals surface area contributed by atoms with E-state index in [1.165, 1.54) is 3.70 Å². The maximum atomic E-state index is 5.77. The van der Waals surface area contributed by atoms with E-state index < -0.39 is 0 Å². The molecule has 0 atom stereocenters. The summed E-state index contributed by atoms with van der Waals surface area (Å²) in [5.74, 6) is 3.79. The lowest BCUT2D eigenvalue weighted by atomic mass is 10.2. The maximum absolute atomic E-state index is 5.77. The van der Waals surface area contributed by atoms with Crippen LogP contribution >= 0.6 is 99.6 Å². The first kappa shape index (κ1) is 24.3. The van der Waals surface area contributed by atoms with Crippen LogP contribution in [0.15, 0.2) is 51.5 Å². The van der Waals surface area contributed by atoms with Crippen molar-refractivity contribution in [1.82, 2.24) is 19.1 Å². The molecule has 2 aromatic heterocycles. The van der Waals surface area contributed by atoms with Crippen LogP contribution in [0.3, 0.4) is 0 Å². The van der Waals surface area contributed by atoms with Crippen molar-refractivity contribution in [2.45, 2.75) is 13.1 Å². The number of imidazole rings is 2. The molecule has 0 N–H and O–H groups in total. The van der Waals surface area contributed by atoms with Crippen LogP contribution in [0.1, 0.15) is 0 Å². The Balaban J connectivity index is 0.000000139. The molecule has 0 fully saturated rings. The molecule has 4 aromatic rings. The second-order valence-electron chi connectivity index (χ2n) is 7.23. The number of ether oxygens (including phenoxy) is 2. The van der Waals surface area contributed by atoms with E-state index in [1.54, 1.807) is 0 Å². The molecule has 0 aliphatic carbocycles. The number of benzene rings is 2. The van der Waals surface area contributed by atoms with Crippen molar-refractivity contribution in [2.75, 3.05) is 13.2 Å². The second-order valence-corrected chi connectivity index (χ2v) is 12.2. The smallest absolute Gasteiger partial charge is 0.145 e. The third-order valence-corrected chi connectivity index (χ3v) is 9.53. The number of hydrogen-bond acceptors (Lipinski definition) is 4. The van der Waals surface area contributed by atoms with Gasteiger partial charge < -0.3 is 18.6 Å². The van der Waals surface area contributed by atoms with Gasteiger partial charge in [0.15, 0.2) is 0 Å². The van der Waals surface area contributed by atoms with Crippen LogP contribution in [0, 0.1) is 11.1 Å². The third-order valence-electron chi connectivity index (χ3n) is 5.15. The topological polar surface area (TPSA) is 54.1 Å². The van der Waals surface area contributed by atoms with Crippen molar-refractivity contribution < 1.29 is 9.47 Å². The molecule has 2 aliphatic heterocycles. The number of aromatic nitrogens is 4. The van der Waals surface area contributed by atoms with Gasteiger partial charge in [-0.1, -0.05) is 31.9 Å². The number of fused-ring (bicyclic) bond motifs is 6. The lowest BCUT2D eigenvalue weighted by Gasteiger charge is -2.05. The summed E-state index contributed by atoms with van der Waals surface area (Å²) in [6, 6.07) is 12.1. The summed E-state index contributed by atoms with van der Waals surface area (Å²) < 4.78 is 21.1. The highest BCUT2D eigenvalue weighted by atomic mass is 127. The summed E-state index contributed by atoms with van der Waals surface area (Å²) in [6.45, 7) is 3.05. The Morgan fingerprint density at radius 1 is 0.788 bits per heavy atom. The summed E-state index contributed by atoms with van der Waals surface area (Å²) in [5.41, 5.74) is 2.12. The summed E-state index contributed by atoms with van der Waals surface area (Å²) in [6.07, 6.45) is 2.05. The van der Waals surface area contributed by atoms with Gasteiger partial charge in [0.25, 0.3) is 0 Å². The Hall–Kier alpha value is -0.390. The van der Waals surface area contributed by atoms with Crippen molar-refractivity contribution in [2.24, 2.45) is 0 Å². The van der Waals surface area contributed by atoms with E-state index in [2.05, 4.69) is 131 Å². The number of nitrogens with zero attached hydrogens (tertiary/aromatic N) is 4. The van der Waals surface area contributed by atoms with Crippen molar-refractivity contribution in [1.29, 1.82) is 0 Å². The fourth-order valence-corrected chi connectivity index (χ4v) is 6.04. The van der Waals surface area contributed by atoms with Crippen LogP contribution in [0.25, 0.3) is 22.8 Å². The van der Waals surface area contributed by atoms with Crippen LogP contribution in [0.2, 0.25) is 0 Å². The number of hydrogen-bond donors (Lipinski definition) is 0. The third kappa shape index (κ3) is 5.11. The van der Waals surface area contributed by atoms with Crippen molar-refractivity contribution in [3.05, 3.63) is 62.6 Å². The molecule has 4 heterocycles. The van der Waals surface area contributed by atoms with E-state index >= 15 is 0 Å². The fourth-order valence-electron chi connectivity index (χ4n) is 3.68. The highest BCUT2D eigenvalue weighted by molar-refractivity contribution is 14.1. The Kier molecular flexibility index (Phi) is 7.59. The lowest BCUT2D eigenvalue weighted by molar-refractivity contribution is 0.305. The maximum Gasteiger partial charge on any atom is 0.145 e. The molecule has 0 amide bonds. The van der Waals surface area contributed by atoms with E-state index in [0.29, 0.717) is 13.2 Å². The quantitative estimate of drug-likeness (QED) is 0.175. The van der Waals surface area contributed by atoms with E-state index in [9.17, 15) is 0 Å². The average Bonchev–Trinajstić information content (AvgIpc) is 3.14. The summed E-state index contributed by atoms with van der Waals surface area (Å²) in [7, 11) is 0. The summed E-state index contributed by atoms with van der Waals surface area (Å²) >= 11 is 13.8. The monoisotopic (exact) mass is 906 g/mol. The Morgan fingerprint density at radius 2 is 1.39 bits per heavy atom. The van der Waals surface area contributed by atoms with E-state index in [4.69, 9.17) is 9.47 Å². The predicted octanol–water partition coefficient (Wildman–Crippen LogP) is 7.22. The summed E-state index contributed by atoms with van der Waals surface area (Å²) in [5, 5.41) is 0. The van der Waals surface area contributed by atoms with Crippen LogP contribution in [-0.2, 0) is 13.1 Å². The highest BCUT2D eigenvalue weighted by Gasteiger charge is 2.21. The van der Waals surface area contributed by atoms with Crippen LogP contribution in [0.5, 0.6) is 11.5 Å². The zero-order chi connectivity index (χ0) is 23.1. The van der Waals surface area contributed by atoms with Gasteiger partial charge in [0.05, 0.1) is 24.2 Å².